The van der Waals surface area contributed by atoms with Crippen LogP contribution in [0.25, 0.3) is 22.0 Å². The topological polar surface area (TPSA) is 72.4 Å². The van der Waals surface area contributed by atoms with Crippen molar-refractivity contribution in [3.05, 3.63) is 42.4 Å². The Labute approximate surface area is 198 Å². The van der Waals surface area contributed by atoms with Crippen molar-refractivity contribution in [1.82, 2.24) is 14.3 Å². The average molecular weight is 468 g/mol. The molecule has 0 atom stereocenters. The van der Waals surface area contributed by atoms with Gasteiger partial charge in [-0.3, -0.25) is 0 Å². The van der Waals surface area contributed by atoms with E-state index >= 15 is 0 Å². The highest BCUT2D eigenvalue weighted by atomic mass is 28.3. The van der Waals surface area contributed by atoms with E-state index in [1.165, 1.54) is 0 Å². The van der Waals surface area contributed by atoms with Crippen molar-refractivity contribution in [2.24, 2.45) is 0 Å². The van der Waals surface area contributed by atoms with Gasteiger partial charge in [0.1, 0.15) is 12.3 Å². The summed E-state index contributed by atoms with van der Waals surface area (Å²) >= 11 is 0. The largest absolute Gasteiger partial charge is 0.389 e. The van der Waals surface area contributed by atoms with E-state index in [0.29, 0.717) is 13.3 Å². The van der Waals surface area contributed by atoms with E-state index in [1.807, 2.05) is 35.3 Å². The zero-order valence-electron chi connectivity index (χ0n) is 20.9. The van der Waals surface area contributed by atoms with Crippen LogP contribution in [0.4, 0.5) is 0 Å². The van der Waals surface area contributed by atoms with Crippen LogP contribution in [-0.2, 0) is 18.0 Å². The Hall–Kier alpha value is -2.37. The second kappa shape index (κ2) is 9.47. The number of fused-ring (bicyclic) bond motifs is 1. The molecule has 7 heteroatoms. The SMILES string of the molecule is CC(C)(O)C#Cc1ccc2c(c1)c(-c1cnn(COCC[Si](C)(C)C)c1)cn2CC(C)(C)O. The first-order valence-corrected chi connectivity index (χ1v) is 15.1. The molecule has 0 unspecified atom stereocenters. The Kier molecular flexibility index (Phi) is 7.25. The number of ether oxygens (including phenoxy) is 1. The Morgan fingerprint density at radius 3 is 2.45 bits per heavy atom. The summed E-state index contributed by atoms with van der Waals surface area (Å²) in [7, 11) is -1.12. The summed E-state index contributed by atoms with van der Waals surface area (Å²) in [6.45, 7) is 15.6. The van der Waals surface area contributed by atoms with Gasteiger partial charge < -0.3 is 19.5 Å². The molecule has 1 aromatic carbocycles. The fraction of sp³-hybridized carbons (Fsp3) is 0.500. The van der Waals surface area contributed by atoms with Crippen LogP contribution in [0, 0.1) is 11.8 Å². The molecule has 33 heavy (non-hydrogen) atoms. The molecule has 2 heterocycles. The minimum absolute atomic E-state index is 0.426. The van der Waals surface area contributed by atoms with Crippen LogP contribution in [-0.4, -0.2) is 50.4 Å². The number of nitrogens with zero attached hydrogens (tertiary/aromatic N) is 3. The van der Waals surface area contributed by atoms with Gasteiger partial charge in [0.25, 0.3) is 0 Å². The number of hydrogen-bond acceptors (Lipinski definition) is 4. The lowest BCUT2D eigenvalue weighted by atomic mass is 10.0. The molecular weight excluding hydrogens is 430 g/mol. The van der Waals surface area contributed by atoms with Gasteiger partial charge in [-0.25, -0.2) is 4.68 Å². The summed E-state index contributed by atoms with van der Waals surface area (Å²) in [5.41, 5.74) is 1.94. The van der Waals surface area contributed by atoms with E-state index < -0.39 is 19.3 Å². The molecule has 2 aromatic heterocycles. The first-order chi connectivity index (χ1) is 15.2. The minimum Gasteiger partial charge on any atom is -0.389 e. The molecule has 178 valence electrons. The second-order valence-corrected chi connectivity index (χ2v) is 16.8. The Bertz CT molecular complexity index is 1160. The summed E-state index contributed by atoms with van der Waals surface area (Å²) in [5.74, 6) is 5.95. The standard InChI is InChI=1S/C26H37N3O3Si/c1-25(2,30)11-10-20-8-9-24-22(14-20)23(17-28(24)18-26(3,4)31)21-15-27-29(16-21)19-32-12-13-33(5,6)7/h8-9,14-17,30-31H,12-13,18-19H2,1-7H3. The van der Waals surface area contributed by atoms with E-state index in [4.69, 9.17) is 4.74 Å². The molecule has 0 saturated heterocycles. The van der Waals surface area contributed by atoms with Crippen LogP contribution in [0.5, 0.6) is 0 Å². The molecule has 0 spiro atoms. The van der Waals surface area contributed by atoms with Gasteiger partial charge >= 0.3 is 0 Å². The van der Waals surface area contributed by atoms with Crippen LogP contribution in [0.2, 0.25) is 25.7 Å². The van der Waals surface area contributed by atoms with Gasteiger partial charge in [0.15, 0.2) is 0 Å². The van der Waals surface area contributed by atoms with Crippen molar-refractivity contribution < 1.29 is 14.9 Å². The Morgan fingerprint density at radius 1 is 1.09 bits per heavy atom. The summed E-state index contributed by atoms with van der Waals surface area (Å²) < 4.78 is 9.73. The van der Waals surface area contributed by atoms with E-state index in [9.17, 15) is 10.2 Å². The van der Waals surface area contributed by atoms with Crippen LogP contribution >= 0.6 is 0 Å². The van der Waals surface area contributed by atoms with Crippen molar-refractivity contribution in [2.45, 2.75) is 77.9 Å². The fourth-order valence-electron chi connectivity index (χ4n) is 3.49. The van der Waals surface area contributed by atoms with Gasteiger partial charge in [-0.05, 0) is 51.9 Å². The summed E-state index contributed by atoms with van der Waals surface area (Å²) in [6, 6.07) is 7.12. The highest BCUT2D eigenvalue weighted by molar-refractivity contribution is 6.76. The van der Waals surface area contributed by atoms with Gasteiger partial charge in [-0.1, -0.05) is 31.5 Å². The molecule has 0 fully saturated rings. The molecule has 0 aliphatic carbocycles. The second-order valence-electron chi connectivity index (χ2n) is 11.1. The lowest BCUT2D eigenvalue weighted by Gasteiger charge is -2.18. The van der Waals surface area contributed by atoms with Crippen LogP contribution in [0.3, 0.4) is 0 Å². The highest BCUT2D eigenvalue weighted by Crippen LogP contribution is 2.32. The fourth-order valence-corrected chi connectivity index (χ4v) is 4.24. The maximum absolute atomic E-state index is 10.4. The maximum atomic E-state index is 10.4. The van der Waals surface area contributed by atoms with Gasteiger partial charge in [0.2, 0.25) is 0 Å². The number of aromatic nitrogens is 3. The molecule has 3 aromatic rings. The van der Waals surface area contributed by atoms with Gasteiger partial charge in [0, 0.05) is 54.7 Å². The number of hydrogen-bond donors (Lipinski definition) is 2. The lowest BCUT2D eigenvalue weighted by molar-refractivity contribution is 0.0628. The molecule has 6 nitrogen and oxygen atoms in total. The summed E-state index contributed by atoms with van der Waals surface area (Å²) in [6.07, 6.45) is 5.90. The van der Waals surface area contributed by atoms with E-state index in [0.717, 1.165) is 40.2 Å². The van der Waals surface area contributed by atoms with E-state index in [1.54, 1.807) is 27.7 Å². The molecule has 0 aliphatic heterocycles. The van der Waals surface area contributed by atoms with E-state index in [2.05, 4.69) is 47.3 Å². The molecular formula is C26H37N3O3Si. The zero-order chi connectivity index (χ0) is 24.4. The van der Waals surface area contributed by atoms with Crippen molar-refractivity contribution in [3.63, 3.8) is 0 Å². The number of rotatable bonds is 8. The molecule has 0 saturated carbocycles. The van der Waals surface area contributed by atoms with Crippen molar-refractivity contribution in [3.8, 4) is 23.0 Å². The Balaban J connectivity index is 1.93. The number of benzene rings is 1. The lowest BCUT2D eigenvalue weighted by Crippen LogP contribution is -2.25. The monoisotopic (exact) mass is 467 g/mol. The highest BCUT2D eigenvalue weighted by Gasteiger charge is 2.19. The molecule has 0 bridgehead atoms. The summed E-state index contributed by atoms with van der Waals surface area (Å²) in [4.78, 5) is 0. The van der Waals surface area contributed by atoms with Crippen LogP contribution < -0.4 is 0 Å². The van der Waals surface area contributed by atoms with Crippen molar-refractivity contribution >= 4 is 19.0 Å². The predicted octanol–water partition coefficient (Wildman–Crippen LogP) is 4.71. The molecule has 0 aliphatic rings. The molecule has 0 amide bonds. The normalized spacial score (nSPS) is 12.8. The third-order valence-corrected chi connectivity index (χ3v) is 6.82. The smallest absolute Gasteiger partial charge is 0.139 e. The van der Waals surface area contributed by atoms with Crippen molar-refractivity contribution in [1.29, 1.82) is 0 Å². The van der Waals surface area contributed by atoms with Gasteiger partial charge in [-0.15, -0.1) is 0 Å². The van der Waals surface area contributed by atoms with Crippen molar-refractivity contribution in [2.75, 3.05) is 6.61 Å². The van der Waals surface area contributed by atoms with E-state index in [-0.39, 0.29) is 0 Å². The van der Waals surface area contributed by atoms with Crippen LogP contribution in [0.1, 0.15) is 33.3 Å². The third kappa shape index (κ3) is 7.58. The first kappa shape index (κ1) is 25.3. The first-order valence-electron chi connectivity index (χ1n) is 11.4. The minimum atomic E-state index is -1.12. The summed E-state index contributed by atoms with van der Waals surface area (Å²) in [5, 5.41) is 25.9. The van der Waals surface area contributed by atoms with Crippen LogP contribution in [0.15, 0.2) is 36.8 Å². The predicted molar refractivity (Wildman–Crippen MR) is 137 cm³/mol. The zero-order valence-corrected chi connectivity index (χ0v) is 21.9. The maximum Gasteiger partial charge on any atom is 0.139 e. The molecule has 2 N–H and O–H groups in total. The molecule has 0 radical (unpaired) electrons. The number of aliphatic hydroxyl groups is 2. The third-order valence-electron chi connectivity index (χ3n) is 5.12. The Morgan fingerprint density at radius 2 is 1.82 bits per heavy atom. The quantitative estimate of drug-likeness (QED) is 0.286. The van der Waals surface area contributed by atoms with Gasteiger partial charge in [-0.2, -0.15) is 5.10 Å². The average Bonchev–Trinajstić information content (AvgIpc) is 3.26. The molecule has 3 rings (SSSR count). The van der Waals surface area contributed by atoms with Gasteiger partial charge in [0.05, 0.1) is 18.3 Å².